The van der Waals surface area contributed by atoms with E-state index in [1.807, 2.05) is 12.1 Å². The smallest absolute Gasteiger partial charge is 0.256 e. The molecule has 0 spiro atoms. The molecule has 2 aromatic rings. The molecular formula is C17H21N3O2S. The van der Waals surface area contributed by atoms with Crippen molar-refractivity contribution in [3.63, 3.8) is 0 Å². The third-order valence-electron chi connectivity index (χ3n) is 3.43. The number of hydrogen-bond acceptors (Lipinski definition) is 4. The highest BCUT2D eigenvalue weighted by Crippen LogP contribution is 2.24. The largest absolute Gasteiger partial charge is 0.352 e. The number of benzene rings is 1. The van der Waals surface area contributed by atoms with E-state index in [-0.39, 0.29) is 11.8 Å². The molecule has 1 aromatic heterocycles. The molecule has 5 nitrogen and oxygen atoms in total. The van der Waals surface area contributed by atoms with Crippen LogP contribution in [0.25, 0.3) is 0 Å². The molecule has 1 heterocycles. The maximum absolute atomic E-state index is 12.3. The Kier molecular flexibility index (Phi) is 6.31. The second-order valence-corrected chi connectivity index (χ2v) is 5.98. The Hall–Kier alpha value is -2.18. The number of nitrogens with one attached hydrogen (secondary N) is 2. The zero-order valence-corrected chi connectivity index (χ0v) is 13.9. The van der Waals surface area contributed by atoms with Gasteiger partial charge in [0.15, 0.2) is 0 Å². The summed E-state index contributed by atoms with van der Waals surface area (Å²) in [6, 6.07) is 9.16. The minimum atomic E-state index is -0.217. The van der Waals surface area contributed by atoms with Gasteiger partial charge in [0.2, 0.25) is 0 Å². The van der Waals surface area contributed by atoms with Crippen LogP contribution < -0.4 is 16.4 Å². The van der Waals surface area contributed by atoms with Gasteiger partial charge < -0.3 is 16.4 Å². The van der Waals surface area contributed by atoms with E-state index >= 15 is 0 Å². The van der Waals surface area contributed by atoms with Gasteiger partial charge in [-0.1, -0.05) is 19.1 Å². The molecule has 0 bridgehead atoms. The number of hydrogen-bond donors (Lipinski definition) is 3. The number of nitrogens with two attached hydrogens (primary N) is 1. The topological polar surface area (TPSA) is 84.2 Å². The van der Waals surface area contributed by atoms with Gasteiger partial charge in [-0.3, -0.25) is 9.59 Å². The van der Waals surface area contributed by atoms with Gasteiger partial charge in [0, 0.05) is 12.1 Å². The highest BCUT2D eigenvalue weighted by molar-refractivity contribution is 7.14. The lowest BCUT2D eigenvalue weighted by atomic mass is 10.1. The first-order chi connectivity index (χ1) is 11.2. The number of carbonyl (C=O) groups is 2. The molecule has 2 rings (SSSR count). The van der Waals surface area contributed by atoms with E-state index in [2.05, 4.69) is 17.6 Å². The molecular weight excluding hydrogens is 310 g/mol. The summed E-state index contributed by atoms with van der Waals surface area (Å²) in [4.78, 5) is 24.4. The van der Waals surface area contributed by atoms with Crippen LogP contribution in [0.4, 0.5) is 5.00 Å². The zero-order chi connectivity index (χ0) is 16.7. The van der Waals surface area contributed by atoms with Crippen LogP contribution in [-0.2, 0) is 6.42 Å². The van der Waals surface area contributed by atoms with Crippen LogP contribution in [0.5, 0.6) is 0 Å². The molecule has 4 N–H and O–H groups in total. The SMILES string of the molecule is CCc1ccc(C(=O)Nc2sccc2C(=O)NCCCN)cc1. The van der Waals surface area contributed by atoms with E-state index in [4.69, 9.17) is 5.73 Å². The predicted molar refractivity (Wildman–Crippen MR) is 94.1 cm³/mol. The Morgan fingerprint density at radius 2 is 1.87 bits per heavy atom. The van der Waals surface area contributed by atoms with Crippen LogP contribution in [0.1, 0.15) is 39.6 Å². The predicted octanol–water partition coefficient (Wildman–Crippen LogP) is 2.64. The number of aryl methyl sites for hydroxylation is 1. The molecule has 0 aliphatic rings. The average molecular weight is 331 g/mol. The van der Waals surface area contributed by atoms with Crippen LogP contribution in [0, 0.1) is 0 Å². The summed E-state index contributed by atoms with van der Waals surface area (Å²) >= 11 is 1.33. The van der Waals surface area contributed by atoms with Crippen LogP contribution in [0.15, 0.2) is 35.7 Å². The van der Waals surface area contributed by atoms with E-state index in [9.17, 15) is 9.59 Å². The van der Waals surface area contributed by atoms with Crippen molar-refractivity contribution < 1.29 is 9.59 Å². The molecule has 0 atom stereocenters. The minimum absolute atomic E-state index is 0.198. The van der Waals surface area contributed by atoms with Crippen molar-refractivity contribution in [1.29, 1.82) is 0 Å². The molecule has 2 amide bonds. The van der Waals surface area contributed by atoms with E-state index < -0.39 is 0 Å². The Labute approximate surface area is 139 Å². The summed E-state index contributed by atoms with van der Waals surface area (Å²) < 4.78 is 0. The highest BCUT2D eigenvalue weighted by Gasteiger charge is 2.15. The van der Waals surface area contributed by atoms with Crippen LogP contribution in [0.3, 0.4) is 0 Å². The van der Waals surface area contributed by atoms with Gasteiger partial charge in [0.05, 0.1) is 5.56 Å². The molecule has 0 radical (unpaired) electrons. The van der Waals surface area contributed by atoms with Gasteiger partial charge in [-0.05, 0) is 48.5 Å². The van der Waals surface area contributed by atoms with Gasteiger partial charge in [-0.15, -0.1) is 11.3 Å². The molecule has 6 heteroatoms. The summed E-state index contributed by atoms with van der Waals surface area (Å²) in [6.07, 6.45) is 1.65. The second-order valence-electron chi connectivity index (χ2n) is 5.07. The van der Waals surface area contributed by atoms with Crippen molar-refractivity contribution in [2.24, 2.45) is 5.73 Å². The second kappa shape index (κ2) is 8.45. The fourth-order valence-electron chi connectivity index (χ4n) is 2.05. The van der Waals surface area contributed by atoms with Crippen LogP contribution in [-0.4, -0.2) is 24.9 Å². The summed E-state index contributed by atoms with van der Waals surface area (Å²) in [6.45, 7) is 3.12. The van der Waals surface area contributed by atoms with Gasteiger partial charge in [-0.25, -0.2) is 0 Å². The number of amides is 2. The normalized spacial score (nSPS) is 10.3. The maximum atomic E-state index is 12.3. The van der Waals surface area contributed by atoms with Crippen molar-refractivity contribution in [1.82, 2.24) is 5.32 Å². The molecule has 0 saturated heterocycles. The summed E-state index contributed by atoms with van der Waals surface area (Å²) in [5.41, 5.74) is 7.64. The Bertz CT molecular complexity index is 665. The van der Waals surface area contributed by atoms with Gasteiger partial charge >= 0.3 is 0 Å². The number of thiophene rings is 1. The molecule has 1 aromatic carbocycles. The van der Waals surface area contributed by atoms with Crippen molar-refractivity contribution in [2.45, 2.75) is 19.8 Å². The average Bonchev–Trinajstić information content (AvgIpc) is 3.03. The van der Waals surface area contributed by atoms with E-state index in [1.165, 1.54) is 16.9 Å². The molecule has 0 unspecified atom stereocenters. The monoisotopic (exact) mass is 331 g/mol. The minimum Gasteiger partial charge on any atom is -0.352 e. The van der Waals surface area contributed by atoms with Crippen LogP contribution in [0.2, 0.25) is 0 Å². The Balaban J connectivity index is 2.03. The third-order valence-corrected chi connectivity index (χ3v) is 4.26. The zero-order valence-electron chi connectivity index (χ0n) is 13.1. The first kappa shape index (κ1) is 17.2. The lowest BCUT2D eigenvalue weighted by Crippen LogP contribution is -2.26. The fraction of sp³-hybridized carbons (Fsp3) is 0.294. The summed E-state index contributed by atoms with van der Waals surface area (Å²) in [7, 11) is 0. The quantitative estimate of drug-likeness (QED) is 0.682. The Morgan fingerprint density at radius 1 is 1.13 bits per heavy atom. The molecule has 0 saturated carbocycles. The maximum Gasteiger partial charge on any atom is 0.256 e. The lowest BCUT2D eigenvalue weighted by molar-refractivity contribution is 0.0954. The first-order valence-corrected chi connectivity index (χ1v) is 8.49. The Morgan fingerprint density at radius 3 is 2.52 bits per heavy atom. The standard InChI is InChI=1S/C17H21N3O2S/c1-2-12-4-6-13(7-5-12)15(21)20-17-14(8-11-23-17)16(22)19-10-3-9-18/h4-8,11H,2-3,9-10,18H2,1H3,(H,19,22)(H,20,21). The highest BCUT2D eigenvalue weighted by atomic mass is 32.1. The number of anilines is 1. The molecule has 0 aliphatic heterocycles. The number of rotatable bonds is 7. The van der Waals surface area contributed by atoms with E-state index in [0.717, 1.165) is 12.8 Å². The number of carbonyl (C=O) groups excluding carboxylic acids is 2. The van der Waals surface area contributed by atoms with Crippen molar-refractivity contribution in [3.8, 4) is 0 Å². The molecule has 0 aliphatic carbocycles. The van der Waals surface area contributed by atoms with E-state index in [0.29, 0.717) is 29.2 Å². The summed E-state index contributed by atoms with van der Waals surface area (Å²) in [5.74, 6) is -0.414. The summed E-state index contributed by atoms with van der Waals surface area (Å²) in [5, 5.41) is 7.94. The van der Waals surface area contributed by atoms with E-state index in [1.54, 1.807) is 23.6 Å². The van der Waals surface area contributed by atoms with Gasteiger partial charge in [0.25, 0.3) is 11.8 Å². The fourth-order valence-corrected chi connectivity index (χ4v) is 2.83. The van der Waals surface area contributed by atoms with Gasteiger partial charge in [0.1, 0.15) is 5.00 Å². The van der Waals surface area contributed by atoms with Crippen LogP contribution >= 0.6 is 11.3 Å². The third kappa shape index (κ3) is 4.64. The van der Waals surface area contributed by atoms with Crippen molar-refractivity contribution in [3.05, 3.63) is 52.4 Å². The molecule has 122 valence electrons. The lowest BCUT2D eigenvalue weighted by Gasteiger charge is -2.08. The molecule has 0 fully saturated rings. The van der Waals surface area contributed by atoms with Crippen molar-refractivity contribution in [2.75, 3.05) is 18.4 Å². The van der Waals surface area contributed by atoms with Gasteiger partial charge in [-0.2, -0.15) is 0 Å². The molecule has 23 heavy (non-hydrogen) atoms. The first-order valence-electron chi connectivity index (χ1n) is 7.61. The van der Waals surface area contributed by atoms with Crippen molar-refractivity contribution >= 4 is 28.2 Å².